The van der Waals surface area contributed by atoms with E-state index in [0.717, 1.165) is 30.0 Å². The molecule has 0 radical (unpaired) electrons. The van der Waals surface area contributed by atoms with Crippen molar-refractivity contribution in [1.82, 2.24) is 34.4 Å². The van der Waals surface area contributed by atoms with E-state index in [2.05, 4.69) is 25.1 Å². The van der Waals surface area contributed by atoms with Crippen LogP contribution in [-0.2, 0) is 16.2 Å². The highest BCUT2D eigenvalue weighted by molar-refractivity contribution is 5.80. The zero-order valence-corrected chi connectivity index (χ0v) is 15.0. The lowest BCUT2D eigenvalue weighted by Crippen LogP contribution is -2.48. The monoisotopic (exact) mass is 368 g/mol. The smallest absolute Gasteiger partial charge is 0.272 e. The third-order valence-corrected chi connectivity index (χ3v) is 5.01. The van der Waals surface area contributed by atoms with Gasteiger partial charge in [-0.2, -0.15) is 19.7 Å². The molecule has 1 saturated heterocycles. The normalized spacial score (nSPS) is 20.1. The highest BCUT2D eigenvalue weighted by Crippen LogP contribution is 2.28. The number of hydrogen-bond donors (Lipinski definition) is 0. The molecule has 10 nitrogen and oxygen atoms in total. The highest BCUT2D eigenvalue weighted by atomic mass is 16.7. The standard InChI is InChI=1S/C17H20N8O2/c1-12-8-15(25-17(21-12)18-11-20-25)22-9-13-4-5-19-24(13)14(10-22)16(26)23-6-2-3-7-27-23/h4-5,8,11,14H,2-3,6-7,9-10H2,1H3. The predicted octanol–water partition coefficient (Wildman–Crippen LogP) is 0.745. The maximum atomic E-state index is 13.1. The Kier molecular flexibility index (Phi) is 3.78. The van der Waals surface area contributed by atoms with Crippen LogP contribution in [0.2, 0.25) is 0 Å². The molecule has 0 aliphatic carbocycles. The lowest BCUT2D eigenvalue weighted by molar-refractivity contribution is -0.200. The van der Waals surface area contributed by atoms with E-state index >= 15 is 0 Å². The van der Waals surface area contributed by atoms with Crippen molar-refractivity contribution in [3.63, 3.8) is 0 Å². The molecule has 5 heterocycles. The van der Waals surface area contributed by atoms with E-state index in [1.54, 1.807) is 10.7 Å². The van der Waals surface area contributed by atoms with Gasteiger partial charge in [-0.15, -0.1) is 0 Å². The van der Waals surface area contributed by atoms with Gasteiger partial charge in [0.2, 0.25) is 0 Å². The number of aryl methyl sites for hydroxylation is 1. The van der Waals surface area contributed by atoms with E-state index in [9.17, 15) is 4.79 Å². The first kappa shape index (κ1) is 16.2. The summed E-state index contributed by atoms with van der Waals surface area (Å²) >= 11 is 0. The number of nitrogens with zero attached hydrogens (tertiary/aromatic N) is 8. The number of aromatic nitrogens is 6. The molecule has 10 heteroatoms. The van der Waals surface area contributed by atoms with Gasteiger partial charge in [0.15, 0.2) is 6.04 Å². The summed E-state index contributed by atoms with van der Waals surface area (Å²) in [6, 6.07) is 3.46. The number of hydroxylamine groups is 2. The number of anilines is 1. The fraction of sp³-hybridized carbons (Fsp3) is 0.471. The predicted molar refractivity (Wildman–Crippen MR) is 94.7 cm³/mol. The summed E-state index contributed by atoms with van der Waals surface area (Å²) in [5.41, 5.74) is 1.83. The average molecular weight is 368 g/mol. The first-order chi connectivity index (χ1) is 13.2. The number of amides is 1. The van der Waals surface area contributed by atoms with Gasteiger partial charge in [-0.1, -0.05) is 0 Å². The van der Waals surface area contributed by atoms with Gasteiger partial charge in [0.05, 0.1) is 25.4 Å². The molecule has 0 bridgehead atoms. The van der Waals surface area contributed by atoms with Crippen molar-refractivity contribution in [3.8, 4) is 0 Å². The second-order valence-electron chi connectivity index (χ2n) is 6.87. The molecular weight excluding hydrogens is 348 g/mol. The van der Waals surface area contributed by atoms with Crippen LogP contribution in [0.3, 0.4) is 0 Å². The van der Waals surface area contributed by atoms with Crippen LogP contribution in [0.5, 0.6) is 0 Å². The summed E-state index contributed by atoms with van der Waals surface area (Å²) in [6.45, 7) is 4.23. The zero-order chi connectivity index (χ0) is 18.4. The third kappa shape index (κ3) is 2.72. The number of carbonyl (C=O) groups is 1. The van der Waals surface area contributed by atoms with Crippen molar-refractivity contribution in [1.29, 1.82) is 0 Å². The van der Waals surface area contributed by atoms with Crippen molar-refractivity contribution in [3.05, 3.63) is 36.0 Å². The van der Waals surface area contributed by atoms with Crippen LogP contribution in [0.15, 0.2) is 24.7 Å². The molecule has 27 heavy (non-hydrogen) atoms. The van der Waals surface area contributed by atoms with Gasteiger partial charge in [0, 0.05) is 24.5 Å². The minimum atomic E-state index is -0.450. The van der Waals surface area contributed by atoms with E-state index in [0.29, 0.717) is 32.0 Å². The van der Waals surface area contributed by atoms with Crippen molar-refractivity contribution < 1.29 is 9.63 Å². The molecule has 5 rings (SSSR count). The molecule has 0 N–H and O–H groups in total. The maximum absolute atomic E-state index is 13.1. The summed E-state index contributed by atoms with van der Waals surface area (Å²) in [5, 5.41) is 10.2. The fourth-order valence-corrected chi connectivity index (χ4v) is 3.72. The molecule has 0 aromatic carbocycles. The van der Waals surface area contributed by atoms with Gasteiger partial charge in [-0.3, -0.25) is 14.3 Å². The van der Waals surface area contributed by atoms with E-state index in [4.69, 9.17) is 4.84 Å². The Bertz CT molecular complexity index is 990. The molecule has 0 spiro atoms. The SMILES string of the molecule is Cc1cc(N2Cc3ccnn3C(C(=O)N3CCCCO3)C2)n2ncnc2n1. The minimum Gasteiger partial charge on any atom is -0.348 e. The Hall–Kier alpha value is -3.01. The van der Waals surface area contributed by atoms with Gasteiger partial charge in [-0.05, 0) is 25.8 Å². The molecule has 1 unspecified atom stereocenters. The Balaban J connectivity index is 1.52. The number of hydrogen-bond acceptors (Lipinski definition) is 7. The molecule has 0 saturated carbocycles. The van der Waals surface area contributed by atoms with Crippen molar-refractivity contribution in [2.75, 3.05) is 24.6 Å². The molecule has 2 aliphatic heterocycles. The number of fused-ring (bicyclic) bond motifs is 2. The molecule has 1 atom stereocenters. The van der Waals surface area contributed by atoms with Gasteiger partial charge >= 0.3 is 0 Å². The van der Waals surface area contributed by atoms with Crippen molar-refractivity contribution >= 4 is 17.5 Å². The lowest BCUT2D eigenvalue weighted by Gasteiger charge is -2.37. The van der Waals surface area contributed by atoms with Crippen LogP contribution in [0.1, 0.15) is 30.3 Å². The van der Waals surface area contributed by atoms with Crippen LogP contribution >= 0.6 is 0 Å². The number of carbonyl (C=O) groups excluding carboxylic acids is 1. The Morgan fingerprint density at radius 1 is 1.30 bits per heavy atom. The molecule has 3 aromatic heterocycles. The van der Waals surface area contributed by atoms with Crippen LogP contribution in [0, 0.1) is 6.92 Å². The molecule has 1 fully saturated rings. The van der Waals surface area contributed by atoms with Crippen LogP contribution in [0.25, 0.3) is 5.78 Å². The van der Waals surface area contributed by atoms with Crippen LogP contribution in [-0.4, -0.2) is 60.0 Å². The Morgan fingerprint density at radius 3 is 3.07 bits per heavy atom. The average Bonchev–Trinajstić information content (AvgIpc) is 3.35. The van der Waals surface area contributed by atoms with E-state index in [1.807, 2.05) is 23.7 Å². The van der Waals surface area contributed by atoms with Gasteiger partial charge < -0.3 is 4.90 Å². The van der Waals surface area contributed by atoms with Gasteiger partial charge in [-0.25, -0.2) is 10.0 Å². The van der Waals surface area contributed by atoms with E-state index in [-0.39, 0.29) is 5.91 Å². The van der Waals surface area contributed by atoms with E-state index in [1.165, 1.54) is 11.4 Å². The Labute approximate surface area is 155 Å². The Morgan fingerprint density at radius 2 is 2.22 bits per heavy atom. The maximum Gasteiger partial charge on any atom is 0.272 e. The van der Waals surface area contributed by atoms with E-state index < -0.39 is 6.04 Å². The zero-order valence-electron chi connectivity index (χ0n) is 15.0. The molecular formula is C17H20N8O2. The quantitative estimate of drug-likeness (QED) is 0.659. The van der Waals surface area contributed by atoms with Crippen LogP contribution in [0.4, 0.5) is 5.82 Å². The largest absolute Gasteiger partial charge is 0.348 e. The summed E-state index contributed by atoms with van der Waals surface area (Å²) < 4.78 is 3.52. The minimum absolute atomic E-state index is 0.0648. The van der Waals surface area contributed by atoms with Crippen LogP contribution < -0.4 is 4.90 Å². The third-order valence-electron chi connectivity index (χ3n) is 5.01. The van der Waals surface area contributed by atoms with Crippen molar-refractivity contribution in [2.24, 2.45) is 0 Å². The molecule has 140 valence electrons. The van der Waals surface area contributed by atoms with Gasteiger partial charge in [0.1, 0.15) is 12.1 Å². The first-order valence-electron chi connectivity index (χ1n) is 9.10. The van der Waals surface area contributed by atoms with Crippen molar-refractivity contribution in [2.45, 2.75) is 32.4 Å². The fourth-order valence-electron chi connectivity index (χ4n) is 3.72. The molecule has 2 aliphatic rings. The lowest BCUT2D eigenvalue weighted by atomic mass is 10.1. The second kappa shape index (κ2) is 6.31. The summed E-state index contributed by atoms with van der Waals surface area (Å²) in [7, 11) is 0. The summed E-state index contributed by atoms with van der Waals surface area (Å²) in [4.78, 5) is 29.5. The van der Waals surface area contributed by atoms with Gasteiger partial charge in [0.25, 0.3) is 11.7 Å². The highest BCUT2D eigenvalue weighted by Gasteiger charge is 2.35. The summed E-state index contributed by atoms with van der Waals surface area (Å²) in [6.07, 6.45) is 5.16. The molecule has 3 aromatic rings. The molecule has 1 amide bonds. The second-order valence-corrected chi connectivity index (χ2v) is 6.87. The topological polar surface area (TPSA) is 93.7 Å². The first-order valence-corrected chi connectivity index (χ1v) is 9.10. The summed E-state index contributed by atoms with van der Waals surface area (Å²) in [5.74, 6) is 1.34. The number of rotatable bonds is 2.